The molecule has 4 rings (SSSR count). The van der Waals surface area contributed by atoms with Gasteiger partial charge >= 0.3 is 6.18 Å². The third kappa shape index (κ3) is 4.12. The highest BCUT2D eigenvalue weighted by molar-refractivity contribution is 7.89. The minimum Gasteiger partial charge on any atom is -0.371 e. The molecule has 1 atom stereocenters. The van der Waals surface area contributed by atoms with Crippen LogP contribution in [0, 0.1) is 22.7 Å². The number of rotatable bonds is 4. The summed E-state index contributed by atoms with van der Waals surface area (Å²) in [6.45, 7) is 0.632. The van der Waals surface area contributed by atoms with E-state index in [2.05, 4.69) is 4.98 Å². The molecule has 0 bridgehead atoms. The van der Waals surface area contributed by atoms with Gasteiger partial charge in [0.1, 0.15) is 0 Å². The zero-order chi connectivity index (χ0) is 24.9. The van der Waals surface area contributed by atoms with Crippen molar-refractivity contribution in [3.63, 3.8) is 0 Å². The molecule has 34 heavy (non-hydrogen) atoms. The Bertz CT molecular complexity index is 1260. The number of carbonyl (C=O) groups is 1. The molecule has 1 amide bonds. The number of primary amides is 1. The number of hydrogen-bond donors (Lipinski definition) is 1. The fraction of sp³-hybridized carbons (Fsp3) is 0.476. The number of benzene rings is 1. The number of imidazole rings is 1. The molecule has 13 heteroatoms. The van der Waals surface area contributed by atoms with Crippen molar-refractivity contribution in [1.29, 1.82) is 5.26 Å². The first-order valence-electron chi connectivity index (χ1n) is 10.5. The van der Waals surface area contributed by atoms with Crippen LogP contribution in [0.1, 0.15) is 24.0 Å². The van der Waals surface area contributed by atoms with Gasteiger partial charge in [0.15, 0.2) is 5.03 Å². The lowest BCUT2D eigenvalue weighted by atomic mass is 9.70. The molecule has 0 radical (unpaired) electrons. The number of aromatic nitrogens is 2. The van der Waals surface area contributed by atoms with Crippen molar-refractivity contribution in [1.82, 2.24) is 13.9 Å². The minimum absolute atomic E-state index is 0.0661. The molecule has 182 valence electrons. The van der Waals surface area contributed by atoms with Crippen molar-refractivity contribution < 1.29 is 26.4 Å². The van der Waals surface area contributed by atoms with E-state index in [-0.39, 0.29) is 18.1 Å². The van der Waals surface area contributed by atoms with Gasteiger partial charge in [-0.25, -0.2) is 13.4 Å². The van der Waals surface area contributed by atoms with Gasteiger partial charge in [0.2, 0.25) is 5.91 Å². The van der Waals surface area contributed by atoms with Gasteiger partial charge < -0.3 is 15.2 Å². The Hall–Kier alpha value is -3.11. The molecule has 2 aromatic rings. The first-order chi connectivity index (χ1) is 15.9. The molecule has 2 aliphatic heterocycles. The first-order valence-corrected chi connectivity index (χ1v) is 12.0. The lowest BCUT2D eigenvalue weighted by Gasteiger charge is -2.42. The number of hydrogen-bond acceptors (Lipinski definition) is 6. The van der Waals surface area contributed by atoms with Crippen molar-refractivity contribution in [2.45, 2.75) is 24.0 Å². The number of nitrogens with zero attached hydrogens (tertiary/aromatic N) is 5. The molecule has 0 saturated carbocycles. The highest BCUT2D eigenvalue weighted by Crippen LogP contribution is 2.47. The smallest absolute Gasteiger partial charge is 0.371 e. The Morgan fingerprint density at radius 3 is 2.50 bits per heavy atom. The van der Waals surface area contributed by atoms with Crippen molar-refractivity contribution in [3.8, 4) is 6.07 Å². The zero-order valence-corrected chi connectivity index (χ0v) is 19.1. The predicted octanol–water partition coefficient (Wildman–Crippen LogP) is 1.70. The van der Waals surface area contributed by atoms with Crippen LogP contribution in [0.4, 0.5) is 18.9 Å². The summed E-state index contributed by atoms with van der Waals surface area (Å²) in [4.78, 5) is 17.9. The van der Waals surface area contributed by atoms with E-state index in [1.807, 2.05) is 0 Å². The number of nitrogens with two attached hydrogens (primary N) is 1. The number of alkyl halides is 3. The van der Waals surface area contributed by atoms with Crippen molar-refractivity contribution in [2.75, 3.05) is 31.1 Å². The van der Waals surface area contributed by atoms with Crippen LogP contribution in [-0.2, 0) is 28.0 Å². The van der Waals surface area contributed by atoms with Crippen LogP contribution >= 0.6 is 0 Å². The Morgan fingerprint density at radius 1 is 1.29 bits per heavy atom. The minimum atomic E-state index is -4.67. The number of sulfonamides is 1. The molecular formula is C21H23F3N6O3S. The molecule has 2 fully saturated rings. The summed E-state index contributed by atoms with van der Waals surface area (Å²) in [5.74, 6) is -1.33. The second kappa shape index (κ2) is 8.28. The van der Waals surface area contributed by atoms with Crippen molar-refractivity contribution in [3.05, 3.63) is 41.9 Å². The number of anilines is 1. The Kier molecular flexibility index (Phi) is 5.85. The first kappa shape index (κ1) is 24.0. The molecule has 2 aliphatic rings. The summed E-state index contributed by atoms with van der Waals surface area (Å²) < 4.78 is 69.0. The van der Waals surface area contributed by atoms with Crippen LogP contribution < -0.4 is 10.6 Å². The third-order valence-corrected chi connectivity index (χ3v) is 8.50. The van der Waals surface area contributed by atoms with E-state index in [1.54, 1.807) is 18.0 Å². The molecule has 2 saturated heterocycles. The summed E-state index contributed by atoms with van der Waals surface area (Å²) in [6.07, 6.45) is -1.17. The van der Waals surface area contributed by atoms with Crippen LogP contribution in [0.2, 0.25) is 0 Å². The van der Waals surface area contributed by atoms with E-state index in [9.17, 15) is 26.4 Å². The summed E-state index contributed by atoms with van der Waals surface area (Å²) in [5.41, 5.74) is 3.78. The highest BCUT2D eigenvalue weighted by atomic mass is 32.2. The fourth-order valence-corrected chi connectivity index (χ4v) is 6.45. The average molecular weight is 497 g/mol. The molecule has 1 aromatic carbocycles. The topological polar surface area (TPSA) is 125 Å². The number of halogens is 3. The molecule has 2 N–H and O–H groups in total. The van der Waals surface area contributed by atoms with E-state index in [4.69, 9.17) is 11.0 Å². The maximum atomic E-state index is 13.4. The number of nitriles is 1. The largest absolute Gasteiger partial charge is 0.417 e. The number of amides is 1. The maximum absolute atomic E-state index is 13.4. The van der Waals surface area contributed by atoms with Gasteiger partial charge in [0.25, 0.3) is 10.0 Å². The van der Waals surface area contributed by atoms with E-state index >= 15 is 0 Å². The van der Waals surface area contributed by atoms with Crippen LogP contribution in [0.5, 0.6) is 0 Å². The second-order valence-electron chi connectivity index (χ2n) is 8.82. The lowest BCUT2D eigenvalue weighted by Crippen LogP contribution is -2.47. The average Bonchev–Trinajstić information content (AvgIpc) is 3.38. The Balaban J connectivity index is 1.57. The predicted molar refractivity (Wildman–Crippen MR) is 115 cm³/mol. The fourth-order valence-electron chi connectivity index (χ4n) is 4.93. The van der Waals surface area contributed by atoms with E-state index in [0.29, 0.717) is 31.6 Å². The summed E-state index contributed by atoms with van der Waals surface area (Å²) in [6, 6.07) is 5.12. The van der Waals surface area contributed by atoms with Crippen LogP contribution in [-0.4, -0.2) is 54.4 Å². The van der Waals surface area contributed by atoms with Crippen molar-refractivity contribution in [2.24, 2.45) is 24.1 Å². The standard InChI is InChI=1S/C21H23F3N6O3S/c1-28-11-18(27-13-28)34(32,33)30-10-17(19(26)31)20(12-30)4-6-29(7-5-20)15-3-2-14(9-25)16(8-15)21(22,23)24/h2-3,8,11,13,17H,4-7,10,12H2,1H3,(H2,26,31). The number of piperidine rings is 1. The quantitative estimate of drug-likeness (QED) is 0.687. The molecule has 3 heterocycles. The van der Waals surface area contributed by atoms with Crippen LogP contribution in [0.3, 0.4) is 0 Å². The molecule has 1 aromatic heterocycles. The van der Waals surface area contributed by atoms with Crippen LogP contribution in [0.15, 0.2) is 35.7 Å². The summed E-state index contributed by atoms with van der Waals surface area (Å²) in [5, 5.41) is 8.89. The molecule has 9 nitrogen and oxygen atoms in total. The van der Waals surface area contributed by atoms with Gasteiger partial charge in [0.05, 0.1) is 29.4 Å². The van der Waals surface area contributed by atoms with Gasteiger partial charge in [0, 0.05) is 50.5 Å². The van der Waals surface area contributed by atoms with E-state index in [1.165, 1.54) is 27.5 Å². The SMILES string of the molecule is Cn1cnc(S(=O)(=O)N2CC(C(N)=O)C3(CCN(c4ccc(C#N)c(C(F)(F)F)c4)CC3)C2)c1. The van der Waals surface area contributed by atoms with E-state index in [0.717, 1.165) is 12.1 Å². The molecular weight excluding hydrogens is 473 g/mol. The second-order valence-corrected chi connectivity index (χ2v) is 10.7. The monoisotopic (exact) mass is 496 g/mol. The molecule has 1 spiro atoms. The summed E-state index contributed by atoms with van der Waals surface area (Å²) in [7, 11) is -2.29. The normalized spacial score (nSPS) is 21.0. The number of aryl methyl sites for hydroxylation is 1. The van der Waals surface area contributed by atoms with Gasteiger partial charge in [-0.05, 0) is 31.0 Å². The van der Waals surface area contributed by atoms with Gasteiger partial charge in [-0.15, -0.1) is 0 Å². The summed E-state index contributed by atoms with van der Waals surface area (Å²) >= 11 is 0. The maximum Gasteiger partial charge on any atom is 0.417 e. The Morgan fingerprint density at radius 2 is 1.97 bits per heavy atom. The van der Waals surface area contributed by atoms with Gasteiger partial charge in [-0.3, -0.25) is 4.79 Å². The van der Waals surface area contributed by atoms with Crippen molar-refractivity contribution >= 4 is 21.6 Å². The molecule has 0 aliphatic carbocycles. The number of carbonyl (C=O) groups excluding carboxylic acids is 1. The third-order valence-electron chi connectivity index (χ3n) is 6.80. The molecule has 1 unspecified atom stereocenters. The highest BCUT2D eigenvalue weighted by Gasteiger charge is 2.53. The zero-order valence-electron chi connectivity index (χ0n) is 18.3. The van der Waals surface area contributed by atoms with Gasteiger partial charge in [-0.2, -0.15) is 22.7 Å². The van der Waals surface area contributed by atoms with E-state index < -0.39 is 44.6 Å². The van der Waals surface area contributed by atoms with Gasteiger partial charge in [-0.1, -0.05) is 0 Å². The lowest BCUT2D eigenvalue weighted by molar-refractivity contribution is -0.137. The van der Waals surface area contributed by atoms with Crippen LogP contribution in [0.25, 0.3) is 0 Å². The Labute approximate surface area is 194 Å².